The fourth-order valence-corrected chi connectivity index (χ4v) is 2.41. The van der Waals surface area contributed by atoms with Crippen LogP contribution in [0.3, 0.4) is 0 Å². The van der Waals surface area contributed by atoms with Crippen LogP contribution in [0.1, 0.15) is 6.42 Å². The van der Waals surface area contributed by atoms with Crippen LogP contribution >= 0.6 is 23.2 Å². The number of halogens is 2. The predicted octanol–water partition coefficient (Wildman–Crippen LogP) is 1.55. The largest absolute Gasteiger partial charge is 0.480 e. The number of benzene rings is 1. The summed E-state index contributed by atoms with van der Waals surface area (Å²) in [6.07, 6.45) is 0.324. The van der Waals surface area contributed by atoms with Gasteiger partial charge in [-0.2, -0.15) is 0 Å². The second kappa shape index (κ2) is 6.32. The Morgan fingerprint density at radius 1 is 1.33 bits per heavy atom. The van der Waals surface area contributed by atoms with Gasteiger partial charge in [-0.25, -0.2) is 0 Å². The lowest BCUT2D eigenvalue weighted by molar-refractivity contribution is -0.140. The second-order valence-electron chi connectivity index (χ2n) is 4.54. The lowest BCUT2D eigenvalue weighted by atomic mass is 10.1. The molecule has 21 heavy (non-hydrogen) atoms. The van der Waals surface area contributed by atoms with Gasteiger partial charge in [-0.1, -0.05) is 23.2 Å². The van der Waals surface area contributed by atoms with E-state index in [1.165, 1.54) is 4.90 Å². The minimum absolute atomic E-state index is 0.320. The molecule has 0 saturated carbocycles. The van der Waals surface area contributed by atoms with E-state index in [0.29, 0.717) is 28.7 Å². The number of anilines is 1. The van der Waals surface area contributed by atoms with Crippen molar-refractivity contribution in [3.05, 3.63) is 28.2 Å². The Morgan fingerprint density at radius 3 is 2.67 bits per heavy atom. The molecule has 2 rings (SSSR count). The van der Waals surface area contributed by atoms with Crippen LogP contribution in [0.5, 0.6) is 0 Å². The highest BCUT2D eigenvalue weighted by Crippen LogP contribution is 2.31. The third-order valence-corrected chi connectivity index (χ3v) is 3.89. The minimum atomic E-state index is -1.16. The summed E-state index contributed by atoms with van der Waals surface area (Å²) in [5.74, 6) is -2.99. The lowest BCUT2D eigenvalue weighted by Crippen LogP contribution is -2.38. The van der Waals surface area contributed by atoms with Crippen LogP contribution in [0.25, 0.3) is 0 Å². The molecule has 0 aliphatic carbocycles. The molecule has 8 heteroatoms. The van der Waals surface area contributed by atoms with Crippen molar-refractivity contribution in [1.29, 1.82) is 0 Å². The molecule has 1 heterocycles. The van der Waals surface area contributed by atoms with E-state index in [-0.39, 0.29) is 5.91 Å². The zero-order valence-electron chi connectivity index (χ0n) is 10.8. The van der Waals surface area contributed by atoms with Crippen molar-refractivity contribution in [2.45, 2.75) is 6.42 Å². The molecule has 1 aromatic rings. The fraction of sp³-hybridized carbons (Fsp3) is 0.308. The molecule has 1 aliphatic rings. The molecule has 0 radical (unpaired) electrons. The van der Waals surface area contributed by atoms with Gasteiger partial charge in [0, 0.05) is 12.2 Å². The summed E-state index contributed by atoms with van der Waals surface area (Å²) in [5, 5.41) is 11.4. The SMILES string of the molecule is O=C(O)CNC(=O)C1CCN(c2ccc(Cl)c(Cl)c2)C1=O. The smallest absolute Gasteiger partial charge is 0.322 e. The maximum atomic E-state index is 12.2. The van der Waals surface area contributed by atoms with E-state index in [4.69, 9.17) is 28.3 Å². The molecule has 0 aromatic heterocycles. The average molecular weight is 331 g/mol. The number of nitrogens with one attached hydrogen (secondary N) is 1. The zero-order chi connectivity index (χ0) is 15.6. The van der Waals surface area contributed by atoms with Crippen molar-refractivity contribution < 1.29 is 19.5 Å². The number of hydrogen-bond acceptors (Lipinski definition) is 3. The highest BCUT2D eigenvalue weighted by atomic mass is 35.5. The van der Waals surface area contributed by atoms with Crippen LogP contribution in [0.2, 0.25) is 10.0 Å². The Labute approximate surface area is 130 Å². The monoisotopic (exact) mass is 330 g/mol. The standard InChI is InChI=1S/C13H12Cl2N2O4/c14-9-2-1-7(5-10(9)15)17-4-3-8(13(17)21)12(20)16-6-11(18)19/h1-2,5,8H,3-4,6H2,(H,16,20)(H,18,19). The molecule has 1 aliphatic heterocycles. The van der Waals surface area contributed by atoms with Gasteiger partial charge < -0.3 is 15.3 Å². The molecule has 2 N–H and O–H groups in total. The Hall–Kier alpha value is -1.79. The number of amides is 2. The number of aliphatic carboxylic acids is 1. The molecule has 1 unspecified atom stereocenters. The second-order valence-corrected chi connectivity index (χ2v) is 5.36. The Bertz CT molecular complexity index is 606. The number of nitrogens with zero attached hydrogens (tertiary/aromatic N) is 1. The van der Waals surface area contributed by atoms with Gasteiger partial charge in [0.05, 0.1) is 10.0 Å². The quantitative estimate of drug-likeness (QED) is 0.820. The first kappa shape index (κ1) is 15.6. The first-order chi connectivity index (χ1) is 9.90. The van der Waals surface area contributed by atoms with E-state index in [1.807, 2.05) is 0 Å². The van der Waals surface area contributed by atoms with E-state index < -0.39 is 24.3 Å². The van der Waals surface area contributed by atoms with Crippen LogP contribution < -0.4 is 10.2 Å². The first-order valence-electron chi connectivity index (χ1n) is 6.16. The van der Waals surface area contributed by atoms with Crippen molar-refractivity contribution in [1.82, 2.24) is 5.32 Å². The van der Waals surface area contributed by atoms with Crippen molar-refractivity contribution >= 4 is 46.7 Å². The Kier molecular flexibility index (Phi) is 4.69. The minimum Gasteiger partial charge on any atom is -0.480 e. The summed E-state index contributed by atoms with van der Waals surface area (Å²) in [6, 6.07) is 4.77. The number of rotatable bonds is 4. The number of carbonyl (C=O) groups is 3. The summed E-state index contributed by atoms with van der Waals surface area (Å²) in [7, 11) is 0. The van der Waals surface area contributed by atoms with Gasteiger partial charge in [0.25, 0.3) is 0 Å². The van der Waals surface area contributed by atoms with Gasteiger partial charge in [0.1, 0.15) is 12.5 Å². The van der Waals surface area contributed by atoms with E-state index in [1.54, 1.807) is 18.2 Å². The van der Waals surface area contributed by atoms with E-state index in [2.05, 4.69) is 5.32 Å². The molecule has 0 spiro atoms. The highest BCUT2D eigenvalue weighted by molar-refractivity contribution is 6.42. The number of carboxylic acid groups (broad SMARTS) is 1. The Balaban J connectivity index is 2.08. The zero-order valence-corrected chi connectivity index (χ0v) is 12.3. The van der Waals surface area contributed by atoms with Gasteiger partial charge in [-0.05, 0) is 24.6 Å². The first-order valence-corrected chi connectivity index (χ1v) is 6.91. The molecule has 0 bridgehead atoms. The summed E-state index contributed by atoms with van der Waals surface area (Å²) in [4.78, 5) is 35.9. The lowest BCUT2D eigenvalue weighted by Gasteiger charge is -2.17. The summed E-state index contributed by atoms with van der Waals surface area (Å²) < 4.78 is 0. The molecule has 1 aromatic carbocycles. The maximum absolute atomic E-state index is 12.2. The van der Waals surface area contributed by atoms with Crippen LogP contribution in [0.15, 0.2) is 18.2 Å². The Morgan fingerprint density at radius 2 is 2.05 bits per heavy atom. The van der Waals surface area contributed by atoms with Crippen molar-refractivity contribution in [3.63, 3.8) is 0 Å². The molecule has 2 amide bonds. The summed E-state index contributed by atoms with van der Waals surface area (Å²) >= 11 is 11.7. The van der Waals surface area contributed by atoms with Crippen molar-refractivity contribution in [2.24, 2.45) is 5.92 Å². The van der Waals surface area contributed by atoms with E-state index in [0.717, 1.165) is 0 Å². The normalized spacial score (nSPS) is 17.9. The molecule has 1 fully saturated rings. The molecule has 6 nitrogen and oxygen atoms in total. The van der Waals surface area contributed by atoms with E-state index >= 15 is 0 Å². The van der Waals surface area contributed by atoms with Crippen LogP contribution in [0, 0.1) is 5.92 Å². The fourth-order valence-electron chi connectivity index (χ4n) is 2.12. The van der Waals surface area contributed by atoms with Crippen LogP contribution in [-0.2, 0) is 14.4 Å². The third-order valence-electron chi connectivity index (χ3n) is 3.15. The van der Waals surface area contributed by atoms with Gasteiger partial charge in [0.15, 0.2) is 0 Å². The van der Waals surface area contributed by atoms with Crippen molar-refractivity contribution in [2.75, 3.05) is 18.0 Å². The van der Waals surface area contributed by atoms with Gasteiger partial charge in [-0.3, -0.25) is 14.4 Å². The van der Waals surface area contributed by atoms with Crippen LogP contribution in [-0.4, -0.2) is 36.0 Å². The number of hydrogen-bond donors (Lipinski definition) is 2. The molecular weight excluding hydrogens is 319 g/mol. The average Bonchev–Trinajstić information content (AvgIpc) is 2.81. The summed E-state index contributed by atoms with van der Waals surface area (Å²) in [6.45, 7) is -0.142. The van der Waals surface area contributed by atoms with Crippen LogP contribution in [0.4, 0.5) is 5.69 Å². The third kappa shape index (κ3) is 3.46. The number of carboxylic acids is 1. The molecular formula is C13H12Cl2N2O4. The van der Waals surface area contributed by atoms with E-state index in [9.17, 15) is 14.4 Å². The maximum Gasteiger partial charge on any atom is 0.322 e. The number of carbonyl (C=O) groups excluding carboxylic acids is 2. The topological polar surface area (TPSA) is 86.7 Å². The highest BCUT2D eigenvalue weighted by Gasteiger charge is 2.37. The molecule has 1 atom stereocenters. The van der Waals surface area contributed by atoms with Crippen molar-refractivity contribution in [3.8, 4) is 0 Å². The van der Waals surface area contributed by atoms with Gasteiger partial charge in [-0.15, -0.1) is 0 Å². The summed E-state index contributed by atoms with van der Waals surface area (Å²) in [5.41, 5.74) is 0.558. The molecule has 1 saturated heterocycles. The van der Waals surface area contributed by atoms with Gasteiger partial charge >= 0.3 is 5.97 Å². The predicted molar refractivity (Wildman–Crippen MR) is 77.6 cm³/mol. The molecule has 112 valence electrons. The van der Waals surface area contributed by atoms with Gasteiger partial charge in [0.2, 0.25) is 11.8 Å².